The molecule has 5 nitrogen and oxygen atoms in total. The summed E-state index contributed by atoms with van der Waals surface area (Å²) >= 11 is 5.94. The van der Waals surface area contributed by atoms with Crippen molar-refractivity contribution in [2.75, 3.05) is 25.6 Å². The molecule has 0 bridgehead atoms. The highest BCUT2D eigenvalue weighted by Gasteiger charge is 2.16. The van der Waals surface area contributed by atoms with Gasteiger partial charge in [0.25, 0.3) is 0 Å². The Kier molecular flexibility index (Phi) is 6.61. The minimum absolute atomic E-state index is 0.0986. The Hall–Kier alpha value is -1.46. The average Bonchev–Trinajstić information content (AvgIpc) is 2.44. The van der Waals surface area contributed by atoms with Crippen LogP contribution in [0.4, 0.5) is 10.5 Å². The predicted molar refractivity (Wildman–Crippen MR) is 80.6 cm³/mol. The molecule has 0 aliphatic heterocycles. The molecule has 1 atom stereocenters. The molecule has 0 saturated heterocycles. The third-order valence-electron chi connectivity index (χ3n) is 2.89. The molecule has 0 aromatic heterocycles. The number of aliphatic hydroxyl groups is 1. The highest BCUT2D eigenvalue weighted by Crippen LogP contribution is 2.28. The van der Waals surface area contributed by atoms with E-state index >= 15 is 0 Å². The minimum Gasteiger partial charge on any atom is -0.491 e. The molecule has 0 aliphatic rings. The highest BCUT2D eigenvalue weighted by atomic mass is 35.5. The van der Waals surface area contributed by atoms with E-state index < -0.39 is 0 Å². The first-order valence-electron chi connectivity index (χ1n) is 6.56. The number of anilines is 1. The van der Waals surface area contributed by atoms with E-state index in [2.05, 4.69) is 5.32 Å². The van der Waals surface area contributed by atoms with Gasteiger partial charge in [0, 0.05) is 12.1 Å². The molecule has 20 heavy (non-hydrogen) atoms. The van der Waals surface area contributed by atoms with E-state index in [0.29, 0.717) is 23.1 Å². The Morgan fingerprint density at radius 1 is 1.55 bits per heavy atom. The van der Waals surface area contributed by atoms with Crippen LogP contribution in [-0.2, 0) is 0 Å². The van der Waals surface area contributed by atoms with Crippen LogP contribution in [0.15, 0.2) is 18.2 Å². The lowest BCUT2D eigenvalue weighted by molar-refractivity contribution is 0.166. The van der Waals surface area contributed by atoms with Crippen molar-refractivity contribution in [3.05, 3.63) is 23.2 Å². The van der Waals surface area contributed by atoms with Gasteiger partial charge in [-0.05, 0) is 31.5 Å². The molecule has 6 heteroatoms. The zero-order valence-electron chi connectivity index (χ0n) is 12.0. The van der Waals surface area contributed by atoms with Gasteiger partial charge in [-0.15, -0.1) is 0 Å². The van der Waals surface area contributed by atoms with Gasteiger partial charge in [-0.1, -0.05) is 18.5 Å². The molecule has 1 rings (SSSR count). The van der Waals surface area contributed by atoms with Crippen LogP contribution in [0.2, 0.25) is 5.02 Å². The number of halogens is 1. The van der Waals surface area contributed by atoms with Crippen LogP contribution < -0.4 is 10.1 Å². The Morgan fingerprint density at radius 2 is 2.25 bits per heavy atom. The van der Waals surface area contributed by atoms with Gasteiger partial charge in [0.05, 0.1) is 24.9 Å². The quantitative estimate of drug-likeness (QED) is 0.849. The van der Waals surface area contributed by atoms with Crippen LogP contribution in [0, 0.1) is 0 Å². The number of carbonyl (C=O) groups excluding carboxylic acids is 1. The fraction of sp³-hybridized carbons (Fsp3) is 0.500. The molecule has 0 aliphatic carbocycles. The molecule has 2 N–H and O–H groups in total. The zero-order chi connectivity index (χ0) is 15.1. The Bertz CT molecular complexity index is 454. The van der Waals surface area contributed by atoms with Crippen molar-refractivity contribution in [1.82, 2.24) is 4.90 Å². The molecule has 2 amide bonds. The lowest BCUT2D eigenvalue weighted by Gasteiger charge is -2.24. The third-order valence-corrected chi connectivity index (χ3v) is 3.13. The monoisotopic (exact) mass is 300 g/mol. The molecule has 1 aromatic carbocycles. The molecule has 0 spiro atoms. The second kappa shape index (κ2) is 7.97. The van der Waals surface area contributed by atoms with E-state index in [9.17, 15) is 4.79 Å². The van der Waals surface area contributed by atoms with Crippen molar-refractivity contribution in [2.24, 2.45) is 0 Å². The second-order valence-electron chi connectivity index (χ2n) is 4.56. The Balaban J connectivity index is 2.84. The summed E-state index contributed by atoms with van der Waals surface area (Å²) in [6, 6.07) is 4.48. The summed E-state index contributed by atoms with van der Waals surface area (Å²) < 4.78 is 5.57. The molecule has 112 valence electrons. The number of aliphatic hydroxyl groups excluding tert-OH is 1. The van der Waals surface area contributed by atoms with E-state index in [1.54, 1.807) is 32.2 Å². The van der Waals surface area contributed by atoms with Gasteiger partial charge >= 0.3 is 6.03 Å². The molecule has 0 saturated carbocycles. The summed E-state index contributed by atoms with van der Waals surface area (Å²) in [5.74, 6) is 0.578. The van der Waals surface area contributed by atoms with Crippen molar-refractivity contribution in [1.29, 1.82) is 0 Å². The topological polar surface area (TPSA) is 61.8 Å². The van der Waals surface area contributed by atoms with Gasteiger partial charge < -0.3 is 20.1 Å². The molecular formula is C14H21ClN2O3. The first-order chi connectivity index (χ1) is 9.49. The standard InChI is InChI=1S/C14H21ClN2O3/c1-4-7-20-13-6-5-11(15)8-12(13)16-14(19)17(3)10(2)9-18/h5-6,8,10,18H,4,7,9H2,1-3H3,(H,16,19). The first-order valence-corrected chi connectivity index (χ1v) is 6.94. The van der Waals surface area contributed by atoms with E-state index in [-0.39, 0.29) is 18.7 Å². The summed E-state index contributed by atoms with van der Waals surface area (Å²) in [7, 11) is 1.62. The van der Waals surface area contributed by atoms with Gasteiger partial charge in [-0.25, -0.2) is 4.79 Å². The number of urea groups is 1. The SMILES string of the molecule is CCCOc1ccc(Cl)cc1NC(=O)N(C)C(C)CO. The zero-order valence-corrected chi connectivity index (χ0v) is 12.8. The number of rotatable bonds is 6. The highest BCUT2D eigenvalue weighted by molar-refractivity contribution is 6.31. The van der Waals surface area contributed by atoms with Crippen molar-refractivity contribution >= 4 is 23.3 Å². The molecular weight excluding hydrogens is 280 g/mol. The van der Waals surface area contributed by atoms with Gasteiger partial charge in [-0.2, -0.15) is 0 Å². The number of carbonyl (C=O) groups is 1. The maximum atomic E-state index is 12.1. The summed E-state index contributed by atoms with van der Waals surface area (Å²) in [6.07, 6.45) is 0.872. The summed E-state index contributed by atoms with van der Waals surface area (Å²) in [5, 5.41) is 12.3. The number of benzene rings is 1. The van der Waals surface area contributed by atoms with Crippen LogP contribution in [0.5, 0.6) is 5.75 Å². The normalized spacial score (nSPS) is 11.8. The van der Waals surface area contributed by atoms with Crippen molar-refractivity contribution in [2.45, 2.75) is 26.3 Å². The number of hydrogen-bond acceptors (Lipinski definition) is 3. The van der Waals surface area contributed by atoms with E-state index in [0.717, 1.165) is 6.42 Å². The number of nitrogens with zero attached hydrogens (tertiary/aromatic N) is 1. The number of hydrogen-bond donors (Lipinski definition) is 2. The number of likely N-dealkylation sites (N-methyl/N-ethyl adjacent to an activating group) is 1. The fourth-order valence-electron chi connectivity index (χ4n) is 1.46. The van der Waals surface area contributed by atoms with Gasteiger partial charge in [-0.3, -0.25) is 0 Å². The summed E-state index contributed by atoms with van der Waals surface area (Å²) in [6.45, 7) is 4.23. The molecule has 0 heterocycles. The van der Waals surface area contributed by atoms with Crippen molar-refractivity contribution in [3.63, 3.8) is 0 Å². The predicted octanol–water partition coefficient (Wildman–Crippen LogP) is 2.97. The van der Waals surface area contributed by atoms with Crippen molar-refractivity contribution in [3.8, 4) is 5.75 Å². The van der Waals surface area contributed by atoms with Crippen LogP contribution in [0.3, 0.4) is 0 Å². The van der Waals surface area contributed by atoms with Crippen LogP contribution >= 0.6 is 11.6 Å². The van der Waals surface area contributed by atoms with Crippen LogP contribution in [0.1, 0.15) is 20.3 Å². The first kappa shape index (κ1) is 16.6. The number of amides is 2. The van der Waals surface area contributed by atoms with Crippen LogP contribution in [0.25, 0.3) is 0 Å². The van der Waals surface area contributed by atoms with Gasteiger partial charge in [0.2, 0.25) is 0 Å². The third kappa shape index (κ3) is 4.58. The average molecular weight is 301 g/mol. The Labute approximate surface area is 124 Å². The van der Waals surface area contributed by atoms with Gasteiger partial charge in [0.1, 0.15) is 5.75 Å². The smallest absolute Gasteiger partial charge is 0.322 e. The fourth-order valence-corrected chi connectivity index (χ4v) is 1.64. The molecule has 1 unspecified atom stereocenters. The van der Waals surface area contributed by atoms with E-state index in [1.165, 1.54) is 4.90 Å². The van der Waals surface area contributed by atoms with E-state index in [4.69, 9.17) is 21.4 Å². The largest absolute Gasteiger partial charge is 0.491 e. The summed E-state index contributed by atoms with van der Waals surface area (Å²) in [4.78, 5) is 13.5. The molecule has 0 fully saturated rings. The lowest BCUT2D eigenvalue weighted by Crippen LogP contribution is -2.40. The maximum absolute atomic E-state index is 12.1. The number of nitrogens with one attached hydrogen (secondary N) is 1. The van der Waals surface area contributed by atoms with Crippen molar-refractivity contribution < 1.29 is 14.6 Å². The second-order valence-corrected chi connectivity index (χ2v) is 5.00. The minimum atomic E-state index is -0.324. The Morgan fingerprint density at radius 3 is 2.85 bits per heavy atom. The summed E-state index contributed by atoms with van der Waals surface area (Å²) in [5.41, 5.74) is 0.521. The van der Waals surface area contributed by atoms with Crippen LogP contribution in [-0.4, -0.2) is 42.3 Å². The molecule has 0 radical (unpaired) electrons. The molecule has 1 aromatic rings. The van der Waals surface area contributed by atoms with E-state index in [1.807, 2.05) is 6.92 Å². The lowest BCUT2D eigenvalue weighted by atomic mass is 10.3. The number of ether oxygens (including phenoxy) is 1. The maximum Gasteiger partial charge on any atom is 0.322 e. The van der Waals surface area contributed by atoms with Gasteiger partial charge in [0.15, 0.2) is 0 Å².